The van der Waals surface area contributed by atoms with E-state index in [4.69, 9.17) is 4.74 Å². The fourth-order valence-electron chi connectivity index (χ4n) is 4.88. The van der Waals surface area contributed by atoms with Gasteiger partial charge in [-0.15, -0.1) is 0 Å². The normalized spacial score (nSPS) is 19.6. The molecule has 0 N–H and O–H groups in total. The lowest BCUT2D eigenvalue weighted by molar-refractivity contribution is -0.133. The van der Waals surface area contributed by atoms with Gasteiger partial charge in [0.25, 0.3) is 0 Å². The standard InChI is InChI=1S/C25H32N2O2/c1-29-23-14-18-26(19-15-23)22-12-16-27(17-13-22)25(28)24(20-8-4-2-5-9-20)21-10-6-3-7-11-21/h2-11,22-24H,12-19H2,1H3. The Bertz CT molecular complexity index is 724. The average Bonchev–Trinajstić information content (AvgIpc) is 2.81. The summed E-state index contributed by atoms with van der Waals surface area (Å²) in [4.78, 5) is 18.3. The molecule has 2 aliphatic heterocycles. The zero-order valence-electron chi connectivity index (χ0n) is 17.4. The van der Waals surface area contributed by atoms with E-state index in [0.717, 1.165) is 63.0 Å². The van der Waals surface area contributed by atoms with Gasteiger partial charge in [0.15, 0.2) is 0 Å². The van der Waals surface area contributed by atoms with E-state index in [-0.39, 0.29) is 11.8 Å². The van der Waals surface area contributed by atoms with Crippen molar-refractivity contribution in [2.24, 2.45) is 0 Å². The molecule has 4 rings (SSSR count). The van der Waals surface area contributed by atoms with Gasteiger partial charge in [0.1, 0.15) is 0 Å². The van der Waals surface area contributed by atoms with Crippen LogP contribution in [0.25, 0.3) is 0 Å². The van der Waals surface area contributed by atoms with Gasteiger partial charge in [-0.3, -0.25) is 4.79 Å². The highest BCUT2D eigenvalue weighted by Crippen LogP contribution is 2.29. The number of piperidine rings is 2. The molecule has 2 aromatic rings. The number of likely N-dealkylation sites (tertiary alicyclic amines) is 2. The van der Waals surface area contributed by atoms with Crippen molar-refractivity contribution in [3.8, 4) is 0 Å². The number of hydrogen-bond donors (Lipinski definition) is 0. The first kappa shape index (κ1) is 20.1. The van der Waals surface area contributed by atoms with Crippen LogP contribution in [0.3, 0.4) is 0 Å². The second-order valence-corrected chi connectivity index (χ2v) is 8.28. The van der Waals surface area contributed by atoms with Crippen molar-refractivity contribution in [3.05, 3.63) is 71.8 Å². The largest absolute Gasteiger partial charge is 0.381 e. The van der Waals surface area contributed by atoms with Gasteiger partial charge in [-0.2, -0.15) is 0 Å². The fourth-order valence-corrected chi connectivity index (χ4v) is 4.88. The van der Waals surface area contributed by atoms with E-state index >= 15 is 0 Å². The number of ether oxygens (including phenoxy) is 1. The molecule has 2 saturated heterocycles. The lowest BCUT2D eigenvalue weighted by Crippen LogP contribution is -2.50. The van der Waals surface area contributed by atoms with Gasteiger partial charge in [-0.25, -0.2) is 0 Å². The summed E-state index contributed by atoms with van der Waals surface area (Å²) in [5.74, 6) is 0.0188. The molecule has 29 heavy (non-hydrogen) atoms. The van der Waals surface area contributed by atoms with Gasteiger partial charge in [0.2, 0.25) is 5.91 Å². The van der Waals surface area contributed by atoms with Crippen LogP contribution in [0.15, 0.2) is 60.7 Å². The zero-order chi connectivity index (χ0) is 20.1. The summed E-state index contributed by atoms with van der Waals surface area (Å²) in [7, 11) is 1.82. The lowest BCUT2D eigenvalue weighted by Gasteiger charge is -2.42. The number of benzene rings is 2. The lowest BCUT2D eigenvalue weighted by atomic mass is 9.89. The van der Waals surface area contributed by atoms with E-state index in [2.05, 4.69) is 34.1 Å². The van der Waals surface area contributed by atoms with Crippen LogP contribution in [0.4, 0.5) is 0 Å². The number of amides is 1. The topological polar surface area (TPSA) is 32.8 Å². The number of nitrogens with zero attached hydrogens (tertiary/aromatic N) is 2. The third-order valence-corrected chi connectivity index (χ3v) is 6.62. The Morgan fingerprint density at radius 3 is 1.83 bits per heavy atom. The van der Waals surface area contributed by atoms with Gasteiger partial charge in [-0.1, -0.05) is 60.7 Å². The van der Waals surface area contributed by atoms with E-state index in [1.165, 1.54) is 0 Å². The van der Waals surface area contributed by atoms with E-state index in [9.17, 15) is 4.79 Å². The SMILES string of the molecule is COC1CCN(C2CCN(C(=O)C(c3ccccc3)c3ccccc3)CC2)CC1. The van der Waals surface area contributed by atoms with Crippen LogP contribution in [-0.2, 0) is 9.53 Å². The van der Waals surface area contributed by atoms with Crippen molar-refractivity contribution >= 4 is 5.91 Å². The summed E-state index contributed by atoms with van der Waals surface area (Å²) in [6.07, 6.45) is 4.81. The van der Waals surface area contributed by atoms with Gasteiger partial charge in [0, 0.05) is 39.3 Å². The maximum absolute atomic E-state index is 13.6. The Kier molecular flexibility index (Phi) is 6.63. The monoisotopic (exact) mass is 392 g/mol. The molecule has 2 aliphatic rings. The van der Waals surface area contributed by atoms with Crippen LogP contribution in [0.1, 0.15) is 42.7 Å². The quantitative estimate of drug-likeness (QED) is 0.773. The van der Waals surface area contributed by atoms with Crippen LogP contribution < -0.4 is 0 Å². The van der Waals surface area contributed by atoms with Gasteiger partial charge in [0.05, 0.1) is 12.0 Å². The van der Waals surface area contributed by atoms with Gasteiger partial charge < -0.3 is 14.5 Å². The molecule has 4 nitrogen and oxygen atoms in total. The first-order valence-electron chi connectivity index (χ1n) is 10.9. The van der Waals surface area contributed by atoms with E-state index in [1.54, 1.807) is 0 Å². The van der Waals surface area contributed by atoms with Crippen molar-refractivity contribution in [2.45, 2.75) is 43.7 Å². The molecule has 2 fully saturated rings. The second kappa shape index (κ2) is 9.55. The van der Waals surface area contributed by atoms with Crippen molar-refractivity contribution in [1.82, 2.24) is 9.80 Å². The third kappa shape index (κ3) is 4.71. The van der Waals surface area contributed by atoms with E-state index in [1.807, 2.05) is 43.5 Å². The number of hydrogen-bond acceptors (Lipinski definition) is 3. The first-order valence-corrected chi connectivity index (χ1v) is 10.9. The Morgan fingerprint density at radius 2 is 1.34 bits per heavy atom. The summed E-state index contributed by atoms with van der Waals surface area (Å²) in [6, 6.07) is 21.0. The molecule has 0 aromatic heterocycles. The molecule has 154 valence electrons. The molecular formula is C25H32N2O2. The Morgan fingerprint density at radius 1 is 0.828 bits per heavy atom. The molecule has 2 aromatic carbocycles. The van der Waals surface area contributed by atoms with E-state index in [0.29, 0.717) is 12.1 Å². The van der Waals surface area contributed by atoms with Crippen molar-refractivity contribution < 1.29 is 9.53 Å². The molecule has 0 atom stereocenters. The highest BCUT2D eigenvalue weighted by molar-refractivity contribution is 5.87. The van der Waals surface area contributed by atoms with Crippen LogP contribution in [0.5, 0.6) is 0 Å². The Labute approximate surface area is 174 Å². The van der Waals surface area contributed by atoms with Gasteiger partial charge in [-0.05, 0) is 36.8 Å². The minimum Gasteiger partial charge on any atom is -0.381 e. The Hall–Kier alpha value is -2.17. The summed E-state index contributed by atoms with van der Waals surface area (Å²) in [5, 5.41) is 0. The molecular weight excluding hydrogens is 360 g/mol. The molecule has 0 radical (unpaired) electrons. The molecule has 0 bridgehead atoms. The second-order valence-electron chi connectivity index (χ2n) is 8.28. The molecule has 0 spiro atoms. The summed E-state index contributed by atoms with van der Waals surface area (Å²) < 4.78 is 5.51. The van der Waals surface area contributed by atoms with E-state index < -0.39 is 0 Å². The maximum Gasteiger partial charge on any atom is 0.234 e. The van der Waals surface area contributed by atoms with Gasteiger partial charge >= 0.3 is 0 Å². The van der Waals surface area contributed by atoms with Crippen LogP contribution in [-0.4, -0.2) is 61.1 Å². The number of carbonyl (C=O) groups excluding carboxylic acids is 1. The highest BCUT2D eigenvalue weighted by Gasteiger charge is 2.33. The highest BCUT2D eigenvalue weighted by atomic mass is 16.5. The molecule has 0 aliphatic carbocycles. The fraction of sp³-hybridized carbons (Fsp3) is 0.480. The summed E-state index contributed by atoms with van der Waals surface area (Å²) in [5.41, 5.74) is 2.15. The third-order valence-electron chi connectivity index (χ3n) is 6.62. The van der Waals surface area contributed by atoms with Crippen LogP contribution >= 0.6 is 0 Å². The number of carbonyl (C=O) groups is 1. The predicted molar refractivity (Wildman–Crippen MR) is 116 cm³/mol. The zero-order valence-corrected chi connectivity index (χ0v) is 17.4. The number of methoxy groups -OCH3 is 1. The maximum atomic E-state index is 13.6. The molecule has 4 heteroatoms. The molecule has 0 unspecified atom stereocenters. The first-order chi connectivity index (χ1) is 14.3. The van der Waals surface area contributed by atoms with Crippen molar-refractivity contribution in [3.63, 3.8) is 0 Å². The molecule has 2 heterocycles. The minimum atomic E-state index is -0.216. The smallest absolute Gasteiger partial charge is 0.234 e. The van der Waals surface area contributed by atoms with Crippen molar-refractivity contribution in [1.29, 1.82) is 0 Å². The van der Waals surface area contributed by atoms with Crippen molar-refractivity contribution in [2.75, 3.05) is 33.3 Å². The predicted octanol–water partition coefficient (Wildman–Crippen LogP) is 3.92. The molecule has 0 saturated carbocycles. The van der Waals surface area contributed by atoms with Crippen LogP contribution in [0.2, 0.25) is 0 Å². The summed E-state index contributed by atoms with van der Waals surface area (Å²) in [6.45, 7) is 3.94. The van der Waals surface area contributed by atoms with Crippen LogP contribution in [0, 0.1) is 0 Å². The number of rotatable bonds is 5. The Balaban J connectivity index is 1.42. The minimum absolute atomic E-state index is 0.216. The average molecular weight is 393 g/mol. The molecule has 1 amide bonds. The summed E-state index contributed by atoms with van der Waals surface area (Å²) >= 11 is 0.